The molecule has 3 N–H and O–H groups in total. The molecule has 0 aliphatic heterocycles. The fourth-order valence-electron chi connectivity index (χ4n) is 1.19. The summed E-state index contributed by atoms with van der Waals surface area (Å²) in [5.74, 6) is 5.97. The Bertz CT molecular complexity index is 431. The van der Waals surface area contributed by atoms with Gasteiger partial charge in [-0.25, -0.2) is 0 Å². The summed E-state index contributed by atoms with van der Waals surface area (Å²) >= 11 is 0. The normalized spacial score (nSPS) is 8.41. The summed E-state index contributed by atoms with van der Waals surface area (Å²) in [7, 11) is 1.00. The van der Waals surface area contributed by atoms with Crippen molar-refractivity contribution >= 4 is 5.69 Å². The van der Waals surface area contributed by atoms with Crippen molar-refractivity contribution in [3.8, 4) is 11.8 Å². The smallest absolute Gasteiger partial charge is 0.269 e. The maximum Gasteiger partial charge on any atom is 0.269 e. The Labute approximate surface area is 133 Å². The summed E-state index contributed by atoms with van der Waals surface area (Å²) in [6, 6.07) is 6.25. The van der Waals surface area contributed by atoms with Crippen molar-refractivity contribution in [2.24, 2.45) is 5.73 Å². The molecular weight excluding hydrogens is 280 g/mol. The van der Waals surface area contributed by atoms with E-state index in [9.17, 15) is 10.1 Å². The summed E-state index contributed by atoms with van der Waals surface area (Å²) in [6.07, 6.45) is 5.43. The van der Waals surface area contributed by atoms with E-state index in [-0.39, 0.29) is 5.69 Å². The Morgan fingerprint density at radius 1 is 1.14 bits per heavy atom. The van der Waals surface area contributed by atoms with Crippen molar-refractivity contribution < 1.29 is 10.0 Å². The van der Waals surface area contributed by atoms with Crippen LogP contribution in [-0.4, -0.2) is 23.7 Å². The first-order valence-electron chi connectivity index (χ1n) is 7.53. The molecule has 1 rings (SSSR count). The van der Waals surface area contributed by atoms with Crippen molar-refractivity contribution in [3.05, 3.63) is 39.9 Å². The van der Waals surface area contributed by atoms with Crippen molar-refractivity contribution in [2.75, 3.05) is 13.7 Å². The van der Waals surface area contributed by atoms with E-state index in [1.807, 2.05) is 0 Å². The topological polar surface area (TPSA) is 89.4 Å². The number of aliphatic hydroxyl groups is 1. The van der Waals surface area contributed by atoms with Crippen molar-refractivity contribution in [3.63, 3.8) is 0 Å². The minimum Gasteiger partial charge on any atom is -0.400 e. The Balaban J connectivity index is 0. The number of nitrogens with two attached hydrogens (primary N) is 1. The van der Waals surface area contributed by atoms with Crippen LogP contribution in [0.15, 0.2) is 24.3 Å². The quantitative estimate of drug-likeness (QED) is 0.377. The van der Waals surface area contributed by atoms with E-state index in [0.717, 1.165) is 31.9 Å². The maximum atomic E-state index is 10.4. The molecule has 1 aromatic carbocycles. The third-order valence-corrected chi connectivity index (χ3v) is 2.57. The zero-order valence-electron chi connectivity index (χ0n) is 13.8. The number of benzene rings is 1. The van der Waals surface area contributed by atoms with Gasteiger partial charge in [0.05, 0.1) is 4.92 Å². The van der Waals surface area contributed by atoms with Gasteiger partial charge in [-0.2, -0.15) is 0 Å². The van der Waals surface area contributed by atoms with Crippen LogP contribution in [0.1, 0.15) is 51.5 Å². The molecule has 0 aliphatic carbocycles. The molecule has 0 fully saturated rings. The average molecular weight is 308 g/mol. The van der Waals surface area contributed by atoms with Crippen LogP contribution >= 0.6 is 0 Å². The predicted molar refractivity (Wildman–Crippen MR) is 91.6 cm³/mol. The monoisotopic (exact) mass is 308 g/mol. The number of hydrogen-bond donors (Lipinski definition) is 2. The molecular formula is C17H28N2O3. The molecule has 0 spiro atoms. The maximum absolute atomic E-state index is 10.4. The highest BCUT2D eigenvalue weighted by molar-refractivity contribution is 5.40. The second-order valence-electron chi connectivity index (χ2n) is 4.35. The first kappa shape index (κ1) is 22.4. The fraction of sp³-hybridized carbons (Fsp3) is 0.529. The Morgan fingerprint density at radius 3 is 2.09 bits per heavy atom. The van der Waals surface area contributed by atoms with Crippen LogP contribution < -0.4 is 5.73 Å². The van der Waals surface area contributed by atoms with Gasteiger partial charge in [-0.05, 0) is 31.5 Å². The number of nitrogens with zero attached hydrogens (tertiary/aromatic N) is 1. The van der Waals surface area contributed by atoms with Gasteiger partial charge < -0.3 is 10.8 Å². The van der Waals surface area contributed by atoms with Gasteiger partial charge in [0.1, 0.15) is 0 Å². The summed E-state index contributed by atoms with van der Waals surface area (Å²) in [4.78, 5) is 9.98. The van der Waals surface area contributed by atoms with Gasteiger partial charge in [0.25, 0.3) is 5.69 Å². The van der Waals surface area contributed by atoms with Gasteiger partial charge in [0, 0.05) is 31.2 Å². The minimum absolute atomic E-state index is 0.0914. The van der Waals surface area contributed by atoms with E-state index in [0.29, 0.717) is 6.54 Å². The average Bonchev–Trinajstić information content (AvgIpc) is 2.57. The molecule has 0 aliphatic rings. The standard InChI is InChI=1S/C12H14N2O2.C4H10.CH4O/c13-10-4-2-1-3-5-11-6-8-12(9-7-11)14(15)16;1-3-4-2;1-2/h6-9H,1-2,4,10,13H2;3-4H2,1-2H3;2H,1H3. The number of non-ortho nitro benzene ring substituents is 1. The van der Waals surface area contributed by atoms with E-state index < -0.39 is 4.92 Å². The zero-order valence-corrected chi connectivity index (χ0v) is 13.8. The van der Waals surface area contributed by atoms with E-state index >= 15 is 0 Å². The molecule has 0 saturated carbocycles. The van der Waals surface area contributed by atoms with Crippen molar-refractivity contribution in [1.29, 1.82) is 0 Å². The molecule has 0 amide bonds. The highest BCUT2D eigenvalue weighted by Gasteiger charge is 2.01. The summed E-state index contributed by atoms with van der Waals surface area (Å²) in [5.41, 5.74) is 6.25. The number of nitro benzene ring substituents is 1. The van der Waals surface area contributed by atoms with Crippen molar-refractivity contribution in [2.45, 2.75) is 46.0 Å². The van der Waals surface area contributed by atoms with Crippen molar-refractivity contribution in [1.82, 2.24) is 0 Å². The summed E-state index contributed by atoms with van der Waals surface area (Å²) < 4.78 is 0. The lowest BCUT2D eigenvalue weighted by Gasteiger charge is -1.91. The number of hydrogen-bond acceptors (Lipinski definition) is 4. The lowest BCUT2D eigenvalue weighted by atomic mass is 10.2. The van der Waals surface area contributed by atoms with Gasteiger partial charge in [-0.1, -0.05) is 38.5 Å². The Morgan fingerprint density at radius 2 is 1.68 bits per heavy atom. The minimum atomic E-state index is -0.418. The molecule has 0 aromatic heterocycles. The summed E-state index contributed by atoms with van der Waals surface area (Å²) in [6.45, 7) is 5.05. The molecule has 124 valence electrons. The lowest BCUT2D eigenvalue weighted by molar-refractivity contribution is -0.384. The second-order valence-corrected chi connectivity index (χ2v) is 4.35. The molecule has 5 heteroatoms. The van der Waals surface area contributed by atoms with Gasteiger partial charge in [-0.15, -0.1) is 0 Å². The number of unbranched alkanes of at least 4 members (excludes halogenated alkanes) is 3. The van der Waals surface area contributed by atoms with Crippen LogP contribution in [0.4, 0.5) is 5.69 Å². The molecule has 5 nitrogen and oxygen atoms in total. The van der Waals surface area contributed by atoms with E-state index in [4.69, 9.17) is 10.8 Å². The Kier molecular flexibility index (Phi) is 17.5. The molecule has 0 radical (unpaired) electrons. The molecule has 0 atom stereocenters. The first-order valence-corrected chi connectivity index (χ1v) is 7.53. The number of rotatable bonds is 5. The molecule has 0 bridgehead atoms. The number of nitro groups is 1. The van der Waals surface area contributed by atoms with Crippen LogP contribution in [0.5, 0.6) is 0 Å². The van der Waals surface area contributed by atoms with Gasteiger partial charge in [0.2, 0.25) is 0 Å². The highest BCUT2D eigenvalue weighted by atomic mass is 16.6. The SMILES string of the molecule is CCCC.CO.NCCCCC#Cc1ccc([N+](=O)[O-])cc1. The Hall–Kier alpha value is -1.90. The van der Waals surface area contributed by atoms with Crippen LogP contribution in [0, 0.1) is 22.0 Å². The van der Waals surface area contributed by atoms with Gasteiger partial charge in [0.15, 0.2) is 0 Å². The molecule has 0 unspecified atom stereocenters. The third kappa shape index (κ3) is 13.1. The van der Waals surface area contributed by atoms with E-state index in [1.165, 1.54) is 25.0 Å². The van der Waals surface area contributed by atoms with Crippen LogP contribution in [0.3, 0.4) is 0 Å². The fourth-order valence-corrected chi connectivity index (χ4v) is 1.19. The van der Waals surface area contributed by atoms with E-state index in [1.54, 1.807) is 12.1 Å². The molecule has 0 heterocycles. The number of aliphatic hydroxyl groups excluding tert-OH is 1. The zero-order chi connectivity index (χ0) is 17.2. The molecule has 1 aromatic rings. The summed E-state index contributed by atoms with van der Waals surface area (Å²) in [5, 5.41) is 17.4. The third-order valence-electron chi connectivity index (χ3n) is 2.57. The lowest BCUT2D eigenvalue weighted by Crippen LogP contribution is -1.96. The first-order chi connectivity index (χ1) is 10.7. The van der Waals surface area contributed by atoms with Gasteiger partial charge >= 0.3 is 0 Å². The largest absolute Gasteiger partial charge is 0.400 e. The predicted octanol–water partition coefficient (Wildman–Crippen LogP) is 3.49. The van der Waals surface area contributed by atoms with Gasteiger partial charge in [-0.3, -0.25) is 10.1 Å². The highest BCUT2D eigenvalue weighted by Crippen LogP contribution is 2.10. The second kappa shape index (κ2) is 17.2. The van der Waals surface area contributed by atoms with Crippen LogP contribution in [0.2, 0.25) is 0 Å². The van der Waals surface area contributed by atoms with Crippen LogP contribution in [0.25, 0.3) is 0 Å². The molecule has 22 heavy (non-hydrogen) atoms. The van der Waals surface area contributed by atoms with Crippen LogP contribution in [-0.2, 0) is 0 Å². The van der Waals surface area contributed by atoms with E-state index in [2.05, 4.69) is 25.7 Å². The molecule has 0 saturated heterocycles.